The van der Waals surface area contributed by atoms with Crippen LogP contribution in [-0.4, -0.2) is 16.3 Å². The second kappa shape index (κ2) is 6.83. The Bertz CT molecular complexity index is 912. The van der Waals surface area contributed by atoms with Gasteiger partial charge in [-0.3, -0.25) is 4.90 Å². The van der Waals surface area contributed by atoms with Gasteiger partial charge < -0.3 is 9.84 Å². The van der Waals surface area contributed by atoms with Crippen LogP contribution in [0.4, 0.5) is 5.69 Å². The summed E-state index contributed by atoms with van der Waals surface area (Å²) in [6, 6.07) is 4.37. The van der Waals surface area contributed by atoms with Crippen LogP contribution in [0.2, 0.25) is 0 Å². The van der Waals surface area contributed by atoms with E-state index in [0.717, 1.165) is 46.5 Å². The van der Waals surface area contributed by atoms with Gasteiger partial charge in [0.1, 0.15) is 11.5 Å². The predicted molar refractivity (Wildman–Crippen MR) is 116 cm³/mol. The fourth-order valence-corrected chi connectivity index (χ4v) is 4.69. The number of aryl methyl sites for hydroxylation is 3. The minimum Gasteiger partial charge on any atom is -0.507 e. The lowest BCUT2D eigenvalue weighted by Gasteiger charge is -2.45. The molecule has 2 aromatic rings. The lowest BCUT2D eigenvalue weighted by Crippen LogP contribution is -2.53. The van der Waals surface area contributed by atoms with Crippen molar-refractivity contribution in [2.45, 2.75) is 67.0 Å². The molecule has 144 valence electrons. The number of fused-ring (bicyclic) bond motifs is 1. The number of hydrogen-bond acceptors (Lipinski definition) is 3. The number of thiocarbonyl (C=S) groups is 1. The summed E-state index contributed by atoms with van der Waals surface area (Å²) in [5.41, 5.74) is 9.81. The van der Waals surface area contributed by atoms with Crippen molar-refractivity contribution < 1.29 is 9.84 Å². The standard InChI is InChI=1S/C23H29NO2S/c1-13-10-14(2)20(15(3)11-13)24(12-27)23(7)9-8-19-18(6)21(25)16(4)17(5)22(19)26-23/h10-12,25H,8-9H2,1-7H3. The predicted octanol–water partition coefficient (Wildman–Crippen LogP) is 5.75. The van der Waals surface area contributed by atoms with Gasteiger partial charge in [-0.05, 0) is 82.7 Å². The van der Waals surface area contributed by atoms with Crippen LogP contribution < -0.4 is 9.64 Å². The number of phenols is 1. The molecular weight excluding hydrogens is 354 g/mol. The Morgan fingerprint density at radius 2 is 1.63 bits per heavy atom. The second-order valence-corrected chi connectivity index (χ2v) is 8.24. The van der Waals surface area contributed by atoms with Gasteiger partial charge in [-0.2, -0.15) is 0 Å². The third-order valence-corrected chi connectivity index (χ3v) is 6.20. The number of phenolic OH excluding ortho intramolecular Hbond substituents is 1. The molecule has 3 rings (SSSR count). The fourth-order valence-electron chi connectivity index (χ4n) is 4.36. The molecule has 4 heteroatoms. The monoisotopic (exact) mass is 383 g/mol. The Hall–Kier alpha value is -2.07. The minimum atomic E-state index is -0.569. The van der Waals surface area contributed by atoms with E-state index in [-0.39, 0.29) is 0 Å². The Balaban J connectivity index is 2.12. The summed E-state index contributed by atoms with van der Waals surface area (Å²) in [5.74, 6) is 1.27. The van der Waals surface area contributed by atoms with E-state index < -0.39 is 5.72 Å². The first-order chi connectivity index (χ1) is 12.6. The molecule has 1 atom stereocenters. The Morgan fingerprint density at radius 1 is 1.04 bits per heavy atom. The third-order valence-electron chi connectivity index (χ3n) is 5.99. The number of anilines is 1. The maximum atomic E-state index is 10.4. The van der Waals surface area contributed by atoms with Gasteiger partial charge in [-0.1, -0.05) is 29.9 Å². The fraction of sp³-hybridized carbons (Fsp3) is 0.435. The zero-order valence-electron chi connectivity index (χ0n) is 17.4. The lowest BCUT2D eigenvalue weighted by molar-refractivity contribution is 0.0742. The van der Waals surface area contributed by atoms with Crippen molar-refractivity contribution in [3.63, 3.8) is 0 Å². The highest BCUT2D eigenvalue weighted by atomic mass is 32.1. The van der Waals surface area contributed by atoms with Gasteiger partial charge in [0.05, 0.1) is 11.2 Å². The van der Waals surface area contributed by atoms with E-state index in [9.17, 15) is 5.11 Å². The molecule has 0 saturated carbocycles. The molecule has 27 heavy (non-hydrogen) atoms. The number of nitrogens with zero attached hydrogens (tertiary/aromatic N) is 1. The molecule has 0 spiro atoms. The smallest absolute Gasteiger partial charge is 0.184 e. The molecule has 1 heterocycles. The molecule has 1 unspecified atom stereocenters. The van der Waals surface area contributed by atoms with Gasteiger partial charge in [0.2, 0.25) is 0 Å². The molecular formula is C23H29NO2S. The first-order valence-electron chi connectivity index (χ1n) is 9.43. The maximum absolute atomic E-state index is 10.4. The van der Waals surface area contributed by atoms with Crippen molar-refractivity contribution in [1.29, 1.82) is 0 Å². The molecule has 0 aliphatic carbocycles. The zero-order valence-corrected chi connectivity index (χ0v) is 18.2. The summed E-state index contributed by atoms with van der Waals surface area (Å²) in [7, 11) is 0. The van der Waals surface area contributed by atoms with E-state index in [1.54, 1.807) is 5.49 Å². The van der Waals surface area contributed by atoms with Gasteiger partial charge in [-0.15, -0.1) is 0 Å². The first-order valence-corrected chi connectivity index (χ1v) is 9.91. The molecule has 1 aliphatic rings. The Kier molecular flexibility index (Phi) is 4.98. The average Bonchev–Trinajstić information content (AvgIpc) is 2.60. The molecule has 3 nitrogen and oxygen atoms in total. The largest absolute Gasteiger partial charge is 0.507 e. The zero-order chi connectivity index (χ0) is 20.1. The van der Waals surface area contributed by atoms with Gasteiger partial charge in [0.15, 0.2) is 5.72 Å². The highest BCUT2D eigenvalue weighted by Crippen LogP contribution is 2.45. The van der Waals surface area contributed by atoms with Crippen molar-refractivity contribution >= 4 is 23.4 Å². The molecule has 1 aliphatic heterocycles. The number of rotatable bonds is 3. The van der Waals surface area contributed by atoms with Crippen LogP contribution in [0.15, 0.2) is 12.1 Å². The van der Waals surface area contributed by atoms with E-state index in [2.05, 4.69) is 44.7 Å². The van der Waals surface area contributed by atoms with Crippen molar-refractivity contribution in [1.82, 2.24) is 0 Å². The van der Waals surface area contributed by atoms with Crippen LogP contribution in [0.3, 0.4) is 0 Å². The van der Waals surface area contributed by atoms with Crippen LogP contribution in [0, 0.1) is 41.5 Å². The molecule has 0 amide bonds. The van der Waals surface area contributed by atoms with Crippen molar-refractivity contribution in [3.8, 4) is 11.5 Å². The minimum absolute atomic E-state index is 0.385. The Labute approximate surface area is 168 Å². The van der Waals surface area contributed by atoms with Crippen molar-refractivity contribution in [2.24, 2.45) is 0 Å². The van der Waals surface area contributed by atoms with Crippen LogP contribution in [0.25, 0.3) is 0 Å². The van der Waals surface area contributed by atoms with E-state index in [4.69, 9.17) is 17.0 Å². The SMILES string of the molecule is Cc1cc(C)c(N(C=S)C2(C)CCc3c(C)c(O)c(C)c(C)c3O2)c(C)c1. The molecule has 2 aromatic carbocycles. The summed E-state index contributed by atoms with van der Waals surface area (Å²) < 4.78 is 6.63. The molecule has 0 aromatic heterocycles. The Morgan fingerprint density at radius 3 is 2.19 bits per heavy atom. The number of ether oxygens (including phenoxy) is 1. The van der Waals surface area contributed by atoms with E-state index in [1.807, 2.05) is 20.8 Å². The maximum Gasteiger partial charge on any atom is 0.184 e. The average molecular weight is 384 g/mol. The third kappa shape index (κ3) is 3.10. The topological polar surface area (TPSA) is 32.7 Å². The van der Waals surface area contributed by atoms with Crippen LogP contribution in [0.5, 0.6) is 11.5 Å². The van der Waals surface area contributed by atoms with Gasteiger partial charge in [0, 0.05) is 12.0 Å². The number of aromatic hydroxyl groups is 1. The first kappa shape index (κ1) is 19.7. The summed E-state index contributed by atoms with van der Waals surface area (Å²) in [6.45, 7) is 14.4. The molecule has 0 fully saturated rings. The van der Waals surface area contributed by atoms with Crippen molar-refractivity contribution in [2.75, 3.05) is 4.90 Å². The van der Waals surface area contributed by atoms with E-state index in [0.29, 0.717) is 5.75 Å². The highest BCUT2D eigenvalue weighted by Gasteiger charge is 2.40. The molecule has 0 saturated heterocycles. The normalized spacial score (nSPS) is 18.6. The summed E-state index contributed by atoms with van der Waals surface area (Å²) in [4.78, 5) is 2.10. The van der Waals surface area contributed by atoms with Crippen LogP contribution in [-0.2, 0) is 6.42 Å². The van der Waals surface area contributed by atoms with Crippen molar-refractivity contribution in [3.05, 3.63) is 51.1 Å². The molecule has 0 radical (unpaired) electrons. The molecule has 1 N–H and O–H groups in total. The van der Waals surface area contributed by atoms with Gasteiger partial charge >= 0.3 is 0 Å². The van der Waals surface area contributed by atoms with E-state index in [1.165, 1.54) is 16.7 Å². The van der Waals surface area contributed by atoms with Crippen LogP contribution in [0.1, 0.15) is 52.3 Å². The second-order valence-electron chi connectivity index (χ2n) is 8.03. The van der Waals surface area contributed by atoms with Gasteiger partial charge in [0.25, 0.3) is 0 Å². The summed E-state index contributed by atoms with van der Waals surface area (Å²) >= 11 is 5.45. The van der Waals surface area contributed by atoms with Gasteiger partial charge in [-0.25, -0.2) is 0 Å². The highest BCUT2D eigenvalue weighted by molar-refractivity contribution is 7.79. The lowest BCUT2D eigenvalue weighted by atomic mass is 9.89. The number of hydrogen-bond donors (Lipinski definition) is 1. The summed E-state index contributed by atoms with van der Waals surface area (Å²) in [6.07, 6.45) is 1.64. The van der Waals surface area contributed by atoms with Crippen LogP contribution >= 0.6 is 12.2 Å². The summed E-state index contributed by atoms with van der Waals surface area (Å²) in [5, 5.41) is 10.4. The quantitative estimate of drug-likeness (QED) is 0.684. The van der Waals surface area contributed by atoms with E-state index >= 15 is 0 Å². The molecule has 0 bridgehead atoms. The number of benzene rings is 2.